The van der Waals surface area contributed by atoms with E-state index in [-0.39, 0.29) is 5.91 Å². The highest BCUT2D eigenvalue weighted by Gasteiger charge is 2.24. The lowest BCUT2D eigenvalue weighted by atomic mass is 9.99. The molecule has 0 bridgehead atoms. The minimum atomic E-state index is -0.597. The molecule has 1 aliphatic heterocycles. The summed E-state index contributed by atoms with van der Waals surface area (Å²) in [6.45, 7) is 0. The van der Waals surface area contributed by atoms with E-state index >= 15 is 0 Å². The zero-order chi connectivity index (χ0) is 17.4. The third-order valence-corrected chi connectivity index (χ3v) is 4.12. The molecule has 3 nitrogen and oxygen atoms in total. The summed E-state index contributed by atoms with van der Waals surface area (Å²) in [5.74, 6) is -1.36. The Hall–Kier alpha value is -3.21. The zero-order valence-corrected chi connectivity index (χ0v) is 13.1. The van der Waals surface area contributed by atoms with Crippen LogP contribution in [-0.2, 0) is 11.2 Å². The van der Waals surface area contributed by atoms with Gasteiger partial charge in [-0.2, -0.15) is 0 Å². The molecule has 3 aromatic rings. The van der Waals surface area contributed by atoms with Crippen molar-refractivity contribution in [2.75, 3.05) is 5.32 Å². The molecule has 124 valence electrons. The number of rotatable bonds is 3. The number of hydrogen-bond donors (Lipinski definition) is 2. The summed E-state index contributed by atoms with van der Waals surface area (Å²) < 4.78 is 26.7. The van der Waals surface area contributed by atoms with E-state index in [9.17, 15) is 13.6 Å². The maximum absolute atomic E-state index is 13.4. The molecule has 2 aromatic carbocycles. The third kappa shape index (κ3) is 3.08. The number of carbonyl (C=O) groups excluding carboxylic acids is 1. The van der Waals surface area contributed by atoms with Crippen LogP contribution in [0.25, 0.3) is 11.6 Å². The molecule has 0 saturated carbocycles. The molecule has 0 saturated heterocycles. The molecule has 25 heavy (non-hydrogen) atoms. The molecule has 1 aliphatic rings. The molecule has 2 heterocycles. The lowest BCUT2D eigenvalue weighted by Gasteiger charge is -2.06. The summed E-state index contributed by atoms with van der Waals surface area (Å²) in [4.78, 5) is 15.3. The van der Waals surface area contributed by atoms with Gasteiger partial charge in [-0.1, -0.05) is 6.07 Å². The van der Waals surface area contributed by atoms with Crippen molar-refractivity contribution in [3.8, 4) is 0 Å². The molecule has 0 unspecified atom stereocenters. The van der Waals surface area contributed by atoms with Gasteiger partial charge in [-0.05, 0) is 60.0 Å². The molecule has 0 aliphatic carbocycles. The second kappa shape index (κ2) is 6.02. The predicted octanol–water partition coefficient (Wildman–Crippen LogP) is 4.38. The van der Waals surface area contributed by atoms with Crippen LogP contribution < -0.4 is 5.32 Å². The largest absolute Gasteiger partial charge is 0.362 e. The van der Waals surface area contributed by atoms with Gasteiger partial charge >= 0.3 is 0 Å². The molecular formula is C20H14F2N2O. The van der Waals surface area contributed by atoms with Crippen LogP contribution in [0.5, 0.6) is 0 Å². The maximum Gasteiger partial charge on any atom is 0.256 e. The van der Waals surface area contributed by atoms with Crippen LogP contribution >= 0.6 is 0 Å². The van der Waals surface area contributed by atoms with Crippen LogP contribution in [0, 0.1) is 11.6 Å². The summed E-state index contributed by atoms with van der Waals surface area (Å²) in [5, 5.41) is 2.83. The van der Waals surface area contributed by atoms with E-state index in [2.05, 4.69) is 10.3 Å². The van der Waals surface area contributed by atoms with Crippen molar-refractivity contribution in [2.45, 2.75) is 6.42 Å². The first-order valence-electron chi connectivity index (χ1n) is 7.83. The monoisotopic (exact) mass is 336 g/mol. The Morgan fingerprint density at radius 2 is 1.76 bits per heavy atom. The van der Waals surface area contributed by atoms with Crippen LogP contribution in [0.4, 0.5) is 14.5 Å². The summed E-state index contributed by atoms with van der Waals surface area (Å²) in [7, 11) is 0. The fourth-order valence-corrected chi connectivity index (χ4v) is 3.03. The number of halogens is 2. The van der Waals surface area contributed by atoms with Gasteiger partial charge < -0.3 is 10.3 Å². The van der Waals surface area contributed by atoms with E-state index in [0.717, 1.165) is 28.6 Å². The van der Waals surface area contributed by atoms with Gasteiger partial charge in [0, 0.05) is 29.2 Å². The second-order valence-corrected chi connectivity index (χ2v) is 5.97. The van der Waals surface area contributed by atoms with Crippen LogP contribution in [0.15, 0.2) is 54.7 Å². The number of fused-ring (bicyclic) bond motifs is 1. The smallest absolute Gasteiger partial charge is 0.256 e. The quantitative estimate of drug-likeness (QED) is 0.685. The molecule has 5 heteroatoms. The van der Waals surface area contributed by atoms with E-state index in [1.165, 1.54) is 12.1 Å². The van der Waals surface area contributed by atoms with Gasteiger partial charge in [-0.25, -0.2) is 8.78 Å². The highest BCUT2D eigenvalue weighted by Crippen LogP contribution is 2.34. The van der Waals surface area contributed by atoms with Crippen molar-refractivity contribution in [1.29, 1.82) is 0 Å². The number of hydrogen-bond acceptors (Lipinski definition) is 1. The minimum absolute atomic E-state index is 0.168. The lowest BCUT2D eigenvalue weighted by molar-refractivity contribution is -0.110. The molecule has 4 rings (SSSR count). The number of nitrogens with one attached hydrogen (secondary N) is 2. The average molecular weight is 336 g/mol. The van der Waals surface area contributed by atoms with Crippen LogP contribution in [0.3, 0.4) is 0 Å². The van der Waals surface area contributed by atoms with E-state index in [4.69, 9.17) is 0 Å². The number of anilines is 1. The van der Waals surface area contributed by atoms with Gasteiger partial charge in [0.1, 0.15) is 11.6 Å². The fraction of sp³-hybridized carbons (Fsp3) is 0.0500. The average Bonchev–Trinajstić information content (AvgIpc) is 3.16. The van der Waals surface area contributed by atoms with E-state index in [1.807, 2.05) is 30.3 Å². The second-order valence-electron chi connectivity index (χ2n) is 5.97. The number of aromatic nitrogens is 1. The van der Waals surface area contributed by atoms with Crippen LogP contribution in [-0.4, -0.2) is 10.9 Å². The van der Waals surface area contributed by atoms with Crippen LogP contribution in [0.1, 0.15) is 22.4 Å². The van der Waals surface area contributed by atoms with Gasteiger partial charge in [0.15, 0.2) is 0 Å². The van der Waals surface area contributed by atoms with Crippen molar-refractivity contribution in [1.82, 2.24) is 4.98 Å². The number of amides is 1. The molecule has 1 amide bonds. The number of carbonyl (C=O) groups is 1. The van der Waals surface area contributed by atoms with Gasteiger partial charge in [0.25, 0.3) is 5.91 Å². The molecule has 0 fully saturated rings. The molecule has 0 radical (unpaired) electrons. The Balaban J connectivity index is 1.70. The lowest BCUT2D eigenvalue weighted by Crippen LogP contribution is -2.03. The Morgan fingerprint density at radius 1 is 0.960 bits per heavy atom. The first-order chi connectivity index (χ1) is 12.1. The SMILES string of the molecule is O=C1Nc2ccc(Cc3cc(F)cc(F)c3)cc2/C1=C/c1ccc[nH]1. The third-order valence-electron chi connectivity index (χ3n) is 4.12. The topological polar surface area (TPSA) is 44.9 Å². The normalized spacial score (nSPS) is 14.6. The standard InChI is InChI=1S/C20H14F2N2O/c21-14-7-13(8-15(22)10-14)6-12-3-4-19-17(9-12)18(20(25)24-19)11-16-2-1-5-23-16/h1-5,7-11,23H,6H2,(H,24,25)/b18-11-. The van der Waals surface area contributed by atoms with Crippen molar-refractivity contribution >= 4 is 23.2 Å². The van der Waals surface area contributed by atoms with Crippen molar-refractivity contribution in [3.05, 3.63) is 88.7 Å². The summed E-state index contributed by atoms with van der Waals surface area (Å²) in [6, 6.07) is 12.8. The summed E-state index contributed by atoms with van der Waals surface area (Å²) >= 11 is 0. The predicted molar refractivity (Wildman–Crippen MR) is 92.9 cm³/mol. The molecular weight excluding hydrogens is 322 g/mol. The number of H-pyrrole nitrogens is 1. The molecule has 0 atom stereocenters. The van der Waals surface area contributed by atoms with Crippen molar-refractivity contribution < 1.29 is 13.6 Å². The summed E-state index contributed by atoms with van der Waals surface area (Å²) in [5.41, 5.74) is 4.33. The highest BCUT2D eigenvalue weighted by atomic mass is 19.1. The van der Waals surface area contributed by atoms with Crippen molar-refractivity contribution in [3.63, 3.8) is 0 Å². The van der Waals surface area contributed by atoms with Gasteiger partial charge in [-0.15, -0.1) is 0 Å². The first kappa shape index (κ1) is 15.3. The number of benzene rings is 2. The van der Waals surface area contributed by atoms with Gasteiger partial charge in [0.2, 0.25) is 0 Å². The van der Waals surface area contributed by atoms with Gasteiger partial charge in [0.05, 0.1) is 5.57 Å². The Labute approximate surface area is 143 Å². The molecule has 0 spiro atoms. The maximum atomic E-state index is 13.4. The Kier molecular flexibility index (Phi) is 3.69. The Morgan fingerprint density at radius 3 is 2.48 bits per heavy atom. The van der Waals surface area contributed by atoms with E-state index in [1.54, 1.807) is 12.3 Å². The van der Waals surface area contributed by atoms with Gasteiger partial charge in [-0.3, -0.25) is 4.79 Å². The van der Waals surface area contributed by atoms with E-state index in [0.29, 0.717) is 17.6 Å². The minimum Gasteiger partial charge on any atom is -0.362 e. The van der Waals surface area contributed by atoms with Crippen LogP contribution in [0.2, 0.25) is 0 Å². The van der Waals surface area contributed by atoms with E-state index < -0.39 is 11.6 Å². The fourth-order valence-electron chi connectivity index (χ4n) is 3.03. The zero-order valence-electron chi connectivity index (χ0n) is 13.1. The molecule has 2 N–H and O–H groups in total. The highest BCUT2D eigenvalue weighted by molar-refractivity contribution is 6.34. The molecule has 1 aromatic heterocycles. The Bertz CT molecular complexity index is 971. The first-order valence-corrected chi connectivity index (χ1v) is 7.83. The summed E-state index contributed by atoms with van der Waals surface area (Å²) in [6.07, 6.45) is 3.95. The number of aromatic amines is 1. The van der Waals surface area contributed by atoms with Crippen molar-refractivity contribution in [2.24, 2.45) is 0 Å².